The lowest BCUT2D eigenvalue weighted by atomic mass is 9.93. The van der Waals surface area contributed by atoms with Crippen LogP contribution >= 0.6 is 24.8 Å². The van der Waals surface area contributed by atoms with Crippen LogP contribution in [0.2, 0.25) is 0 Å². The predicted molar refractivity (Wildman–Crippen MR) is 109 cm³/mol. The van der Waals surface area contributed by atoms with Gasteiger partial charge < -0.3 is 10.4 Å². The Hall–Kier alpha value is -0.360. The number of aliphatic hydroxyl groups is 1. The highest BCUT2D eigenvalue weighted by atomic mass is 35.5. The molecule has 2 heterocycles. The first kappa shape index (κ1) is 22.7. The van der Waals surface area contributed by atoms with Crippen LogP contribution in [0.4, 0.5) is 0 Å². The van der Waals surface area contributed by atoms with Crippen LogP contribution < -0.4 is 5.32 Å². The number of halogens is 2. The van der Waals surface area contributed by atoms with E-state index in [1.54, 1.807) is 0 Å². The summed E-state index contributed by atoms with van der Waals surface area (Å²) in [6.45, 7) is 6.92. The highest BCUT2D eigenvalue weighted by Crippen LogP contribution is 2.20. The van der Waals surface area contributed by atoms with Crippen molar-refractivity contribution in [1.29, 1.82) is 0 Å². The fraction of sp³-hybridized carbons (Fsp3) is 0.684. The minimum absolute atomic E-state index is 0. The molecule has 0 radical (unpaired) electrons. The van der Waals surface area contributed by atoms with Crippen LogP contribution in [0, 0.1) is 0 Å². The van der Waals surface area contributed by atoms with Gasteiger partial charge in [-0.1, -0.05) is 24.3 Å². The topological polar surface area (TPSA) is 38.7 Å². The number of likely N-dealkylation sites (tertiary alicyclic amines) is 1. The number of benzene rings is 1. The number of β-amino-alcohol motifs (C(OH)–C–C–N with tert-alkyl or cyclic N) is 1. The van der Waals surface area contributed by atoms with E-state index < -0.39 is 5.60 Å². The van der Waals surface area contributed by atoms with Crippen LogP contribution in [-0.4, -0.2) is 60.3 Å². The van der Waals surface area contributed by atoms with Gasteiger partial charge in [0.25, 0.3) is 0 Å². The van der Waals surface area contributed by atoms with Crippen molar-refractivity contribution in [3.63, 3.8) is 0 Å². The zero-order chi connectivity index (χ0) is 16.1. The molecule has 2 aliphatic rings. The quantitative estimate of drug-likeness (QED) is 0.784. The average molecular weight is 390 g/mol. The molecule has 25 heavy (non-hydrogen) atoms. The summed E-state index contributed by atoms with van der Waals surface area (Å²) in [7, 11) is 2.12. The van der Waals surface area contributed by atoms with E-state index in [0.29, 0.717) is 6.54 Å². The smallest absolute Gasteiger partial charge is 0.0898 e. The van der Waals surface area contributed by atoms with E-state index in [-0.39, 0.29) is 24.8 Å². The van der Waals surface area contributed by atoms with E-state index in [2.05, 4.69) is 46.4 Å². The normalized spacial score (nSPS) is 24.0. The SMILES string of the molecule is CN(Cc1ccccc1CN1CCCC1)CC1(O)CCCNC1.Cl.Cl. The average Bonchev–Trinajstić information content (AvgIpc) is 3.02. The van der Waals surface area contributed by atoms with Gasteiger partial charge in [0.1, 0.15) is 0 Å². The van der Waals surface area contributed by atoms with Gasteiger partial charge in [0.05, 0.1) is 5.60 Å². The second-order valence-electron chi connectivity index (χ2n) is 7.43. The summed E-state index contributed by atoms with van der Waals surface area (Å²) in [5, 5.41) is 14.0. The molecular formula is C19H33Cl2N3O. The van der Waals surface area contributed by atoms with Gasteiger partial charge in [0.2, 0.25) is 0 Å². The van der Waals surface area contributed by atoms with Crippen LogP contribution in [0.3, 0.4) is 0 Å². The van der Waals surface area contributed by atoms with E-state index >= 15 is 0 Å². The summed E-state index contributed by atoms with van der Waals surface area (Å²) in [6.07, 6.45) is 4.64. The number of piperidine rings is 1. The summed E-state index contributed by atoms with van der Waals surface area (Å²) in [6, 6.07) is 8.78. The number of nitrogens with zero attached hydrogens (tertiary/aromatic N) is 2. The first-order chi connectivity index (χ1) is 11.1. The van der Waals surface area contributed by atoms with Crippen molar-refractivity contribution in [2.24, 2.45) is 0 Å². The van der Waals surface area contributed by atoms with E-state index in [0.717, 1.165) is 39.0 Å². The fourth-order valence-electron chi connectivity index (χ4n) is 3.98. The van der Waals surface area contributed by atoms with Gasteiger partial charge in [0.15, 0.2) is 0 Å². The molecule has 0 aromatic heterocycles. The molecule has 1 aromatic rings. The van der Waals surface area contributed by atoms with Crippen molar-refractivity contribution >= 4 is 24.8 Å². The molecule has 1 atom stereocenters. The molecule has 0 saturated carbocycles. The first-order valence-electron chi connectivity index (χ1n) is 9.05. The lowest BCUT2D eigenvalue weighted by Crippen LogP contribution is -2.52. The maximum atomic E-state index is 10.7. The van der Waals surface area contributed by atoms with Gasteiger partial charge >= 0.3 is 0 Å². The molecule has 144 valence electrons. The largest absolute Gasteiger partial charge is 0.387 e. The van der Waals surface area contributed by atoms with Crippen molar-refractivity contribution < 1.29 is 5.11 Å². The lowest BCUT2D eigenvalue weighted by molar-refractivity contribution is -0.0113. The Morgan fingerprint density at radius 1 is 1.12 bits per heavy atom. The summed E-state index contributed by atoms with van der Waals surface area (Å²) < 4.78 is 0. The van der Waals surface area contributed by atoms with Crippen molar-refractivity contribution in [1.82, 2.24) is 15.1 Å². The van der Waals surface area contributed by atoms with Gasteiger partial charge in [-0.3, -0.25) is 9.80 Å². The molecule has 2 saturated heterocycles. The Balaban J connectivity index is 0.00000156. The van der Waals surface area contributed by atoms with Crippen molar-refractivity contribution in [2.75, 3.05) is 39.8 Å². The van der Waals surface area contributed by atoms with Crippen LogP contribution in [0.5, 0.6) is 0 Å². The maximum absolute atomic E-state index is 10.7. The molecule has 0 spiro atoms. The third kappa shape index (κ3) is 6.70. The summed E-state index contributed by atoms with van der Waals surface area (Å²) in [5.74, 6) is 0. The maximum Gasteiger partial charge on any atom is 0.0898 e. The fourth-order valence-corrected chi connectivity index (χ4v) is 3.98. The van der Waals surface area contributed by atoms with Crippen LogP contribution in [-0.2, 0) is 13.1 Å². The number of nitrogens with one attached hydrogen (secondary N) is 1. The van der Waals surface area contributed by atoms with Crippen molar-refractivity contribution in [3.05, 3.63) is 35.4 Å². The molecule has 2 fully saturated rings. The zero-order valence-corrected chi connectivity index (χ0v) is 16.9. The van der Waals surface area contributed by atoms with Crippen LogP contribution in [0.15, 0.2) is 24.3 Å². The van der Waals surface area contributed by atoms with Crippen molar-refractivity contribution in [2.45, 2.75) is 44.4 Å². The zero-order valence-electron chi connectivity index (χ0n) is 15.2. The molecule has 0 aliphatic carbocycles. The highest BCUT2D eigenvalue weighted by molar-refractivity contribution is 5.85. The summed E-state index contributed by atoms with van der Waals surface area (Å²) in [5.41, 5.74) is 2.26. The van der Waals surface area contributed by atoms with Gasteiger partial charge in [-0.2, -0.15) is 0 Å². The molecule has 0 amide bonds. The van der Waals surface area contributed by atoms with Gasteiger partial charge in [-0.05, 0) is 63.5 Å². The molecule has 4 nitrogen and oxygen atoms in total. The highest BCUT2D eigenvalue weighted by Gasteiger charge is 2.30. The molecule has 3 rings (SSSR count). The molecule has 2 aliphatic heterocycles. The molecular weight excluding hydrogens is 357 g/mol. The van der Waals surface area contributed by atoms with Crippen LogP contribution in [0.1, 0.15) is 36.8 Å². The van der Waals surface area contributed by atoms with Gasteiger partial charge in [-0.15, -0.1) is 24.8 Å². The summed E-state index contributed by atoms with van der Waals surface area (Å²) in [4.78, 5) is 4.83. The van der Waals surface area contributed by atoms with E-state index in [9.17, 15) is 5.11 Å². The predicted octanol–water partition coefficient (Wildman–Crippen LogP) is 2.67. The molecule has 1 aromatic carbocycles. The van der Waals surface area contributed by atoms with E-state index in [1.165, 1.54) is 37.1 Å². The number of hydrogen-bond donors (Lipinski definition) is 2. The molecule has 2 N–H and O–H groups in total. The summed E-state index contributed by atoms with van der Waals surface area (Å²) >= 11 is 0. The van der Waals surface area contributed by atoms with E-state index in [4.69, 9.17) is 0 Å². The minimum Gasteiger partial charge on any atom is -0.387 e. The standard InChI is InChI=1S/C19H31N3O.2ClH/c1-21(16-19(23)9-6-10-20-15-19)13-17-7-2-3-8-18(17)14-22-11-4-5-12-22;;/h2-3,7-8,20,23H,4-6,9-16H2,1H3;2*1H. The Bertz CT molecular complexity index is 503. The molecule has 6 heteroatoms. The van der Waals surface area contributed by atoms with Gasteiger partial charge in [0, 0.05) is 26.2 Å². The second-order valence-corrected chi connectivity index (χ2v) is 7.43. The van der Waals surface area contributed by atoms with Crippen molar-refractivity contribution in [3.8, 4) is 0 Å². The Morgan fingerprint density at radius 3 is 2.44 bits per heavy atom. The minimum atomic E-state index is -0.573. The van der Waals surface area contributed by atoms with Crippen LogP contribution in [0.25, 0.3) is 0 Å². The second kappa shape index (κ2) is 10.7. The number of hydrogen-bond acceptors (Lipinski definition) is 4. The molecule has 0 bridgehead atoms. The Morgan fingerprint density at radius 2 is 1.80 bits per heavy atom. The van der Waals surface area contributed by atoms with Gasteiger partial charge in [-0.25, -0.2) is 0 Å². The lowest BCUT2D eigenvalue weighted by Gasteiger charge is -2.36. The Labute approximate surface area is 164 Å². The monoisotopic (exact) mass is 389 g/mol. The first-order valence-corrected chi connectivity index (χ1v) is 9.05. The Kier molecular flexibility index (Phi) is 9.71. The third-order valence-corrected chi connectivity index (χ3v) is 5.17. The molecule has 1 unspecified atom stereocenters. The number of likely N-dealkylation sites (N-methyl/N-ethyl adjacent to an activating group) is 1. The third-order valence-electron chi connectivity index (χ3n) is 5.17. The number of rotatable bonds is 6. The van der Waals surface area contributed by atoms with E-state index in [1.807, 2.05) is 0 Å².